The van der Waals surface area contributed by atoms with Crippen LogP contribution >= 0.6 is 0 Å². The molecule has 1 saturated heterocycles. The SMILES string of the molecule is CC1=CN(CC(=O)OC2C(O)C=C3CCN4Cc5cc6c(cc5C2C34)OCO6)C(=O)NC1O. The number of aliphatic hydroxyl groups excluding tert-OH is 2. The quantitative estimate of drug-likeness (QED) is 0.446. The van der Waals surface area contributed by atoms with Crippen molar-refractivity contribution < 1.29 is 34.0 Å². The van der Waals surface area contributed by atoms with Crippen molar-refractivity contribution in [1.82, 2.24) is 15.1 Å². The molecule has 3 N–H and O–H groups in total. The molecule has 0 saturated carbocycles. The molecule has 10 nitrogen and oxygen atoms in total. The second-order valence-corrected chi connectivity index (χ2v) is 9.14. The van der Waals surface area contributed by atoms with E-state index in [0.717, 1.165) is 41.1 Å². The molecule has 1 aromatic carbocycles. The number of rotatable bonds is 3. The van der Waals surface area contributed by atoms with Gasteiger partial charge in [0, 0.05) is 31.2 Å². The summed E-state index contributed by atoms with van der Waals surface area (Å²) in [5.74, 6) is 0.454. The van der Waals surface area contributed by atoms with Crippen molar-refractivity contribution in [2.24, 2.45) is 0 Å². The minimum absolute atomic E-state index is 0.0367. The van der Waals surface area contributed by atoms with Crippen LogP contribution in [0, 0.1) is 0 Å². The van der Waals surface area contributed by atoms with Crippen molar-refractivity contribution >= 4 is 12.0 Å². The highest BCUT2D eigenvalue weighted by Crippen LogP contribution is 2.50. The van der Waals surface area contributed by atoms with Crippen LogP contribution in [0.3, 0.4) is 0 Å². The van der Waals surface area contributed by atoms with Gasteiger partial charge in [0.05, 0.1) is 0 Å². The molecule has 5 aliphatic rings. The largest absolute Gasteiger partial charge is 0.457 e. The molecule has 1 aliphatic carbocycles. The zero-order chi connectivity index (χ0) is 22.9. The summed E-state index contributed by atoms with van der Waals surface area (Å²) in [6, 6.07) is 3.37. The number of hydrogen-bond donors (Lipinski definition) is 3. The van der Waals surface area contributed by atoms with Gasteiger partial charge in [-0.2, -0.15) is 0 Å². The maximum atomic E-state index is 12.9. The van der Waals surface area contributed by atoms with Crippen LogP contribution in [0.15, 0.2) is 35.6 Å². The number of nitrogens with one attached hydrogen (secondary N) is 1. The molecule has 174 valence electrons. The molecule has 2 amide bonds. The third-order valence-electron chi connectivity index (χ3n) is 7.12. The summed E-state index contributed by atoms with van der Waals surface area (Å²) >= 11 is 0. The molecule has 1 fully saturated rings. The predicted octanol–water partition coefficient (Wildman–Crippen LogP) is 0.547. The molecule has 0 aromatic heterocycles. The van der Waals surface area contributed by atoms with Gasteiger partial charge in [-0.15, -0.1) is 0 Å². The number of nitrogens with zero attached hydrogens (tertiary/aromatic N) is 2. The number of amides is 2. The molecule has 10 heteroatoms. The third-order valence-corrected chi connectivity index (χ3v) is 7.12. The van der Waals surface area contributed by atoms with E-state index in [1.165, 1.54) is 6.20 Å². The second kappa shape index (κ2) is 7.47. The number of carbonyl (C=O) groups excluding carboxylic acids is 2. The van der Waals surface area contributed by atoms with Crippen LogP contribution in [0.2, 0.25) is 0 Å². The Morgan fingerprint density at radius 3 is 2.88 bits per heavy atom. The minimum Gasteiger partial charge on any atom is -0.457 e. The summed E-state index contributed by atoms with van der Waals surface area (Å²) in [4.78, 5) is 28.5. The van der Waals surface area contributed by atoms with Crippen LogP contribution < -0.4 is 14.8 Å². The van der Waals surface area contributed by atoms with Gasteiger partial charge in [0.2, 0.25) is 6.79 Å². The minimum atomic E-state index is -1.08. The number of ether oxygens (including phenoxy) is 3. The number of fused-ring (bicyclic) bond motifs is 3. The average Bonchev–Trinajstić information content (AvgIpc) is 3.39. The fourth-order valence-corrected chi connectivity index (χ4v) is 5.61. The summed E-state index contributed by atoms with van der Waals surface area (Å²) in [5.41, 5.74) is 3.72. The van der Waals surface area contributed by atoms with Gasteiger partial charge in [0.1, 0.15) is 18.8 Å². The summed E-state index contributed by atoms with van der Waals surface area (Å²) < 4.78 is 17.0. The molecular formula is C23H25N3O7. The first-order valence-corrected chi connectivity index (χ1v) is 11.1. The Morgan fingerprint density at radius 2 is 2.06 bits per heavy atom. The van der Waals surface area contributed by atoms with Crippen LogP contribution in [-0.4, -0.2) is 76.4 Å². The lowest BCUT2D eigenvalue weighted by Crippen LogP contribution is -2.53. The van der Waals surface area contributed by atoms with Crippen LogP contribution in [0.4, 0.5) is 4.79 Å². The molecule has 4 aliphatic heterocycles. The van der Waals surface area contributed by atoms with Crippen molar-refractivity contribution in [2.75, 3.05) is 19.9 Å². The summed E-state index contributed by atoms with van der Waals surface area (Å²) in [6.45, 7) is 3.11. The van der Waals surface area contributed by atoms with E-state index < -0.39 is 30.4 Å². The molecule has 0 bridgehead atoms. The zero-order valence-electron chi connectivity index (χ0n) is 18.1. The highest BCUT2D eigenvalue weighted by atomic mass is 16.7. The fraction of sp³-hybridized carbons (Fsp3) is 0.478. The predicted molar refractivity (Wildman–Crippen MR) is 113 cm³/mol. The number of esters is 1. The van der Waals surface area contributed by atoms with E-state index in [1.54, 1.807) is 6.92 Å². The molecule has 4 heterocycles. The number of carbonyl (C=O) groups is 2. The topological polar surface area (TPSA) is 121 Å². The van der Waals surface area contributed by atoms with Crippen LogP contribution in [-0.2, 0) is 16.1 Å². The van der Waals surface area contributed by atoms with E-state index in [0.29, 0.717) is 17.1 Å². The lowest BCUT2D eigenvalue weighted by atomic mass is 9.73. The van der Waals surface area contributed by atoms with Crippen LogP contribution in [0.1, 0.15) is 30.4 Å². The number of urea groups is 1. The van der Waals surface area contributed by atoms with Gasteiger partial charge in [-0.3, -0.25) is 14.6 Å². The van der Waals surface area contributed by atoms with E-state index in [1.807, 2.05) is 18.2 Å². The van der Waals surface area contributed by atoms with Crippen molar-refractivity contribution in [2.45, 2.75) is 50.3 Å². The average molecular weight is 455 g/mol. The van der Waals surface area contributed by atoms with Crippen molar-refractivity contribution in [3.05, 3.63) is 46.7 Å². The van der Waals surface area contributed by atoms with E-state index in [9.17, 15) is 19.8 Å². The molecule has 0 spiro atoms. The molecule has 6 rings (SSSR count). The summed E-state index contributed by atoms with van der Waals surface area (Å²) in [6.07, 6.45) is 1.25. The Morgan fingerprint density at radius 1 is 1.27 bits per heavy atom. The lowest BCUT2D eigenvalue weighted by molar-refractivity contribution is -0.157. The number of hydrogen-bond acceptors (Lipinski definition) is 8. The Balaban J connectivity index is 1.30. The molecule has 0 radical (unpaired) electrons. The maximum absolute atomic E-state index is 12.9. The normalized spacial score (nSPS) is 31.9. The van der Waals surface area contributed by atoms with Gasteiger partial charge in [-0.25, -0.2) is 4.79 Å². The fourth-order valence-electron chi connectivity index (χ4n) is 5.61. The van der Waals surface area contributed by atoms with E-state index in [-0.39, 0.29) is 25.3 Å². The Labute approximate surface area is 190 Å². The Kier molecular flexibility index (Phi) is 4.65. The van der Waals surface area contributed by atoms with Crippen molar-refractivity contribution in [3.63, 3.8) is 0 Å². The lowest BCUT2D eigenvalue weighted by Gasteiger charge is -2.45. The summed E-state index contributed by atoms with van der Waals surface area (Å²) in [7, 11) is 0. The van der Waals surface area contributed by atoms with E-state index in [4.69, 9.17) is 14.2 Å². The second-order valence-electron chi connectivity index (χ2n) is 9.14. The highest BCUT2D eigenvalue weighted by molar-refractivity contribution is 5.83. The first kappa shape index (κ1) is 20.5. The van der Waals surface area contributed by atoms with E-state index in [2.05, 4.69) is 10.2 Å². The number of aliphatic hydroxyl groups is 2. The molecular weight excluding hydrogens is 430 g/mol. The standard InChI is InChI=1S/C23H25N3O7/c1-11-7-26(23(30)24-22(11)29)9-18(28)33-21-15(27)4-12-2-3-25-8-13-5-16-17(32-10-31-16)6-14(13)19(21)20(12)25/h4-7,15,19-22,27,29H,2-3,8-10H2,1H3,(H,24,30). The van der Waals surface area contributed by atoms with Crippen molar-refractivity contribution in [3.8, 4) is 11.5 Å². The van der Waals surface area contributed by atoms with Gasteiger partial charge in [0.25, 0.3) is 0 Å². The smallest absolute Gasteiger partial charge is 0.326 e. The number of benzene rings is 1. The van der Waals surface area contributed by atoms with Crippen LogP contribution in [0.5, 0.6) is 11.5 Å². The molecule has 5 atom stereocenters. The first-order chi connectivity index (χ1) is 15.9. The molecule has 1 aromatic rings. The maximum Gasteiger partial charge on any atom is 0.326 e. The van der Waals surface area contributed by atoms with Gasteiger partial charge in [-0.1, -0.05) is 11.6 Å². The van der Waals surface area contributed by atoms with E-state index >= 15 is 0 Å². The highest BCUT2D eigenvalue weighted by Gasteiger charge is 2.51. The van der Waals surface area contributed by atoms with Gasteiger partial charge in [-0.05, 0) is 42.2 Å². The summed E-state index contributed by atoms with van der Waals surface area (Å²) in [5, 5.41) is 23.1. The first-order valence-electron chi connectivity index (χ1n) is 11.1. The Hall–Kier alpha value is -3.08. The zero-order valence-corrected chi connectivity index (χ0v) is 18.1. The van der Waals surface area contributed by atoms with Crippen LogP contribution in [0.25, 0.3) is 0 Å². The van der Waals surface area contributed by atoms with Gasteiger partial charge >= 0.3 is 12.0 Å². The third kappa shape index (κ3) is 3.28. The van der Waals surface area contributed by atoms with Gasteiger partial charge < -0.3 is 29.7 Å². The Bertz CT molecular complexity index is 1100. The van der Waals surface area contributed by atoms with Gasteiger partial charge in [0.15, 0.2) is 17.7 Å². The van der Waals surface area contributed by atoms with Crippen molar-refractivity contribution in [1.29, 1.82) is 0 Å². The monoisotopic (exact) mass is 455 g/mol. The molecule has 33 heavy (non-hydrogen) atoms. The molecule has 5 unspecified atom stereocenters.